The van der Waals surface area contributed by atoms with Crippen LogP contribution in [0.15, 0.2) is 22.5 Å². The van der Waals surface area contributed by atoms with Crippen molar-refractivity contribution < 1.29 is 34.1 Å². The fourth-order valence-electron chi connectivity index (χ4n) is 3.36. The maximum atomic E-state index is 13.1. The van der Waals surface area contributed by atoms with Gasteiger partial charge in [0, 0.05) is 24.8 Å². The third kappa shape index (κ3) is 5.04. The summed E-state index contributed by atoms with van der Waals surface area (Å²) in [6.45, 7) is 1.56. The number of carboxylic acids is 2. The summed E-state index contributed by atoms with van der Waals surface area (Å²) >= 11 is 3.74. The minimum atomic E-state index is -1.69. The Labute approximate surface area is 201 Å². The lowest BCUT2D eigenvalue weighted by atomic mass is 9.98. The van der Waals surface area contributed by atoms with E-state index in [0.717, 1.165) is 4.90 Å². The quantitative estimate of drug-likeness (QED) is 0.139. The number of ether oxygens (including phenoxy) is 1. The monoisotopic (exact) mass is 520 g/mol. The Morgan fingerprint density at radius 2 is 2.18 bits per heavy atom. The maximum absolute atomic E-state index is 13.1. The van der Waals surface area contributed by atoms with Gasteiger partial charge in [-0.3, -0.25) is 24.7 Å². The van der Waals surface area contributed by atoms with Gasteiger partial charge in [0.2, 0.25) is 5.91 Å². The van der Waals surface area contributed by atoms with Crippen LogP contribution in [0.3, 0.4) is 0 Å². The number of nitrogens with one attached hydrogen (secondary N) is 3. The molecule has 0 saturated carbocycles. The molecule has 3 rings (SSSR count). The first-order valence-electron chi connectivity index (χ1n) is 9.64. The topological polar surface area (TPSA) is 187 Å². The molecule has 33 heavy (non-hydrogen) atoms. The summed E-state index contributed by atoms with van der Waals surface area (Å²) in [5.41, 5.74) is 10.1. The molecule has 16 heteroatoms. The van der Waals surface area contributed by atoms with Crippen LogP contribution in [-0.4, -0.2) is 91.4 Å². The van der Waals surface area contributed by atoms with Gasteiger partial charge in [0.15, 0.2) is 0 Å². The Hall–Kier alpha value is -2.11. The predicted octanol–water partition coefficient (Wildman–Crippen LogP) is -1.32. The van der Waals surface area contributed by atoms with Gasteiger partial charge < -0.3 is 31.4 Å². The van der Waals surface area contributed by atoms with Gasteiger partial charge in [-0.25, -0.2) is 4.79 Å². The molecule has 182 valence electrons. The summed E-state index contributed by atoms with van der Waals surface area (Å²) in [6, 6.07) is 0. The van der Waals surface area contributed by atoms with Gasteiger partial charge in [-0.15, -0.1) is 40.4 Å². The van der Waals surface area contributed by atoms with Gasteiger partial charge in [-0.05, 0) is 11.3 Å². The number of β-lactam (4-membered cyclic amide) rings is 1. The van der Waals surface area contributed by atoms with Gasteiger partial charge >= 0.3 is 11.9 Å². The van der Waals surface area contributed by atoms with Crippen LogP contribution in [0.5, 0.6) is 0 Å². The molecule has 0 aromatic carbocycles. The van der Waals surface area contributed by atoms with Gasteiger partial charge in [0.25, 0.3) is 11.6 Å². The molecule has 0 bridgehead atoms. The van der Waals surface area contributed by atoms with Crippen molar-refractivity contribution in [3.05, 3.63) is 22.5 Å². The maximum Gasteiger partial charge on any atom is 0.352 e. The molecule has 0 spiro atoms. The average molecular weight is 521 g/mol. The number of carbonyl (C=O) groups is 4. The molecule has 2 amide bonds. The van der Waals surface area contributed by atoms with Crippen LogP contribution in [0.4, 0.5) is 0 Å². The number of methoxy groups -OCH3 is 1. The Bertz CT molecular complexity index is 916. The summed E-state index contributed by atoms with van der Waals surface area (Å²) < 4.78 is 5.39. The van der Waals surface area contributed by atoms with E-state index < -0.39 is 40.2 Å². The van der Waals surface area contributed by atoms with Crippen LogP contribution in [0.25, 0.3) is 0 Å². The first-order valence-corrected chi connectivity index (χ1v) is 12.7. The molecule has 3 aliphatic heterocycles. The zero-order chi connectivity index (χ0) is 24.3. The number of hydrazine groups is 2. The van der Waals surface area contributed by atoms with Crippen LogP contribution >= 0.6 is 35.3 Å². The minimum absolute atomic E-state index is 0.153. The summed E-state index contributed by atoms with van der Waals surface area (Å²) in [5.74, 6) is -2.41. The molecule has 0 radical (unpaired) electrons. The van der Waals surface area contributed by atoms with Crippen molar-refractivity contribution in [1.29, 1.82) is 0 Å². The smallest absolute Gasteiger partial charge is 0.352 e. The van der Waals surface area contributed by atoms with Crippen molar-refractivity contribution >= 4 is 59.0 Å². The first kappa shape index (κ1) is 25.5. The Kier molecular flexibility index (Phi) is 8.07. The van der Waals surface area contributed by atoms with Crippen LogP contribution in [0, 0.1) is 0 Å². The van der Waals surface area contributed by atoms with E-state index in [1.165, 1.54) is 47.5 Å². The zero-order valence-corrected chi connectivity index (χ0v) is 20.1. The van der Waals surface area contributed by atoms with Gasteiger partial charge in [0.05, 0.1) is 0 Å². The van der Waals surface area contributed by atoms with Crippen LogP contribution in [0.2, 0.25) is 0 Å². The summed E-state index contributed by atoms with van der Waals surface area (Å²) in [7, 11) is 1.28. The summed E-state index contributed by atoms with van der Waals surface area (Å²) in [6.07, 6.45) is 1.56. The molecule has 3 aliphatic rings. The number of carbonyl (C=O) groups excluding carboxylic acids is 2. The molecule has 13 nitrogen and oxygen atoms in total. The second-order valence-corrected chi connectivity index (χ2v) is 10.4. The number of carboxylic acid groups (broad SMARTS) is 2. The Balaban J connectivity index is 1.72. The highest BCUT2D eigenvalue weighted by Crippen LogP contribution is 2.47. The lowest BCUT2D eigenvalue weighted by molar-refractivity contribution is -0.192. The fraction of sp³-hybridized carbons (Fsp3) is 0.529. The van der Waals surface area contributed by atoms with Crippen molar-refractivity contribution in [2.45, 2.75) is 23.4 Å². The predicted molar refractivity (Wildman–Crippen MR) is 123 cm³/mol. The molecule has 1 unspecified atom stereocenters. The SMILES string of the molecule is CCSC(N)C(=O)N[C@]1(OC)C(=O)N2C(C(=O)O)=C(CSC3=CNN(CC(=O)O)N3)CS[C@H]21. The first-order chi connectivity index (χ1) is 15.6. The number of nitrogens with two attached hydrogens (primary N) is 1. The second kappa shape index (κ2) is 10.4. The number of aliphatic carboxylic acids is 2. The van der Waals surface area contributed by atoms with Crippen LogP contribution in [0.1, 0.15) is 6.92 Å². The Morgan fingerprint density at radius 3 is 2.79 bits per heavy atom. The van der Waals surface area contributed by atoms with E-state index in [0.29, 0.717) is 22.1 Å². The third-order valence-electron chi connectivity index (χ3n) is 4.84. The number of fused-ring (bicyclic) bond motifs is 1. The Morgan fingerprint density at radius 1 is 1.45 bits per heavy atom. The number of hydrogen-bond donors (Lipinski definition) is 6. The summed E-state index contributed by atoms with van der Waals surface area (Å²) in [4.78, 5) is 49.5. The lowest BCUT2D eigenvalue weighted by Gasteiger charge is -2.56. The molecular weight excluding hydrogens is 496 g/mol. The highest BCUT2D eigenvalue weighted by Gasteiger charge is 2.66. The standard InChI is InChI=1S/C17H24N6O7S3/c1-3-31-12(18)13(26)20-17(30-2)15(29)23-11(14(27)28)8(7-33-16(17)23)6-32-9-4-19-22(21-9)5-10(24)25/h4,12,16,19,21H,3,5-7,18H2,1-2H3,(H,20,26)(H,24,25)(H,27,28)/t12?,16-,17-/m0/s1. The number of thioether (sulfide) groups is 3. The van der Waals surface area contributed by atoms with E-state index in [2.05, 4.69) is 16.2 Å². The van der Waals surface area contributed by atoms with Crippen molar-refractivity contribution in [1.82, 2.24) is 26.2 Å². The van der Waals surface area contributed by atoms with Gasteiger partial charge in [0.1, 0.15) is 28.0 Å². The molecule has 0 aliphatic carbocycles. The lowest BCUT2D eigenvalue weighted by Crippen LogP contribution is -2.81. The van der Waals surface area contributed by atoms with E-state index in [-0.39, 0.29) is 18.0 Å². The molecule has 0 aromatic rings. The summed E-state index contributed by atoms with van der Waals surface area (Å²) in [5, 5.41) is 21.4. The molecular formula is C17H24N6O7S3. The normalized spacial score (nSPS) is 25.4. The average Bonchev–Trinajstić information content (AvgIpc) is 3.21. The highest BCUT2D eigenvalue weighted by atomic mass is 32.2. The van der Waals surface area contributed by atoms with E-state index in [9.17, 15) is 24.3 Å². The molecule has 1 saturated heterocycles. The number of nitrogens with zero attached hydrogens (tertiary/aromatic N) is 2. The molecule has 7 N–H and O–H groups in total. The van der Waals surface area contributed by atoms with E-state index >= 15 is 0 Å². The van der Waals surface area contributed by atoms with Crippen LogP contribution < -0.4 is 21.9 Å². The van der Waals surface area contributed by atoms with Gasteiger partial charge in [-0.1, -0.05) is 6.92 Å². The van der Waals surface area contributed by atoms with E-state index in [1.54, 1.807) is 6.20 Å². The van der Waals surface area contributed by atoms with Crippen molar-refractivity contribution in [2.24, 2.45) is 5.73 Å². The van der Waals surface area contributed by atoms with Crippen LogP contribution in [-0.2, 0) is 23.9 Å². The van der Waals surface area contributed by atoms with Crippen molar-refractivity contribution in [3.63, 3.8) is 0 Å². The largest absolute Gasteiger partial charge is 0.480 e. The van der Waals surface area contributed by atoms with E-state index in [4.69, 9.17) is 15.6 Å². The second-order valence-electron chi connectivity index (χ2n) is 6.92. The number of rotatable bonds is 11. The van der Waals surface area contributed by atoms with Gasteiger partial charge in [-0.2, -0.15) is 0 Å². The molecule has 3 atom stereocenters. The highest BCUT2D eigenvalue weighted by molar-refractivity contribution is 8.03. The molecule has 0 aromatic heterocycles. The zero-order valence-electron chi connectivity index (χ0n) is 17.7. The van der Waals surface area contributed by atoms with Crippen molar-refractivity contribution in [2.75, 3.05) is 30.9 Å². The fourth-order valence-corrected chi connectivity index (χ4v) is 6.37. The molecule has 3 heterocycles. The minimum Gasteiger partial charge on any atom is -0.480 e. The third-order valence-corrected chi connectivity index (χ3v) is 8.13. The van der Waals surface area contributed by atoms with Crippen molar-refractivity contribution in [3.8, 4) is 0 Å². The van der Waals surface area contributed by atoms with E-state index in [1.807, 2.05) is 6.92 Å². The number of hydrogen-bond acceptors (Lipinski definition) is 12. The molecule has 1 fully saturated rings. The number of amides is 2.